The molecule has 7 heteroatoms. The van der Waals surface area contributed by atoms with Crippen LogP contribution in [0.25, 0.3) is 0 Å². The molecule has 0 aliphatic carbocycles. The highest BCUT2D eigenvalue weighted by molar-refractivity contribution is 5.81. The largest absolute Gasteiger partial charge is 0.481 e. The number of carbonyl (C=O) groups excluding carboxylic acids is 2. The summed E-state index contributed by atoms with van der Waals surface area (Å²) in [6.45, 7) is 3.76. The van der Waals surface area contributed by atoms with Gasteiger partial charge in [-0.1, -0.05) is 0 Å². The van der Waals surface area contributed by atoms with E-state index in [0.717, 1.165) is 0 Å². The van der Waals surface area contributed by atoms with Crippen LogP contribution < -0.4 is 11.1 Å². The number of carbonyl (C=O) groups is 3. The summed E-state index contributed by atoms with van der Waals surface area (Å²) >= 11 is 0. The van der Waals surface area contributed by atoms with Crippen LogP contribution in [0.1, 0.15) is 26.7 Å². The number of hydrogen-bond donors (Lipinski definition) is 3. The van der Waals surface area contributed by atoms with Gasteiger partial charge in [0.25, 0.3) is 0 Å². The first-order valence-corrected chi connectivity index (χ1v) is 5.67. The van der Waals surface area contributed by atoms with Gasteiger partial charge in [-0.15, -0.1) is 0 Å². The molecule has 18 heavy (non-hydrogen) atoms. The quantitative estimate of drug-likeness (QED) is 0.597. The van der Waals surface area contributed by atoms with Crippen LogP contribution in [-0.4, -0.2) is 48.1 Å². The van der Waals surface area contributed by atoms with Crippen molar-refractivity contribution in [3.8, 4) is 0 Å². The molecular formula is C11H21N3O4. The fourth-order valence-electron chi connectivity index (χ4n) is 1.09. The number of amides is 3. The van der Waals surface area contributed by atoms with Gasteiger partial charge in [-0.3, -0.25) is 9.59 Å². The average molecular weight is 259 g/mol. The predicted octanol–water partition coefficient (Wildman–Crippen LogP) is 0.00410. The molecule has 0 bridgehead atoms. The first-order chi connectivity index (χ1) is 8.16. The van der Waals surface area contributed by atoms with E-state index in [-0.39, 0.29) is 19.0 Å². The Morgan fingerprint density at radius 1 is 1.33 bits per heavy atom. The lowest BCUT2D eigenvalue weighted by Crippen LogP contribution is -2.46. The van der Waals surface area contributed by atoms with Crippen LogP contribution in [0.2, 0.25) is 0 Å². The van der Waals surface area contributed by atoms with Crippen molar-refractivity contribution in [3.63, 3.8) is 0 Å². The number of hydrogen-bond acceptors (Lipinski definition) is 3. The van der Waals surface area contributed by atoms with E-state index >= 15 is 0 Å². The number of nitrogens with two attached hydrogens (primary N) is 1. The molecule has 0 atom stereocenters. The van der Waals surface area contributed by atoms with Crippen LogP contribution in [0.4, 0.5) is 4.79 Å². The molecule has 4 N–H and O–H groups in total. The van der Waals surface area contributed by atoms with Gasteiger partial charge in [-0.25, -0.2) is 4.79 Å². The van der Waals surface area contributed by atoms with Gasteiger partial charge in [0.1, 0.15) is 0 Å². The molecule has 0 fully saturated rings. The Balaban J connectivity index is 4.02. The minimum atomic E-state index is -0.890. The fraction of sp³-hybridized carbons (Fsp3) is 0.727. The summed E-state index contributed by atoms with van der Waals surface area (Å²) in [5.74, 6) is -1.38. The van der Waals surface area contributed by atoms with E-state index in [1.165, 1.54) is 4.90 Å². The normalized spacial score (nSPS) is 10.8. The van der Waals surface area contributed by atoms with E-state index in [9.17, 15) is 14.4 Å². The third kappa shape index (κ3) is 6.07. The molecule has 0 spiro atoms. The maximum absolute atomic E-state index is 11.6. The number of nitrogens with zero attached hydrogens (tertiary/aromatic N) is 1. The Bertz CT molecular complexity index is 328. The molecule has 0 aromatic heterocycles. The minimum absolute atomic E-state index is 0.0183. The molecule has 0 unspecified atom stereocenters. The summed E-state index contributed by atoms with van der Waals surface area (Å²) in [4.78, 5) is 34.3. The van der Waals surface area contributed by atoms with Crippen molar-refractivity contribution < 1.29 is 19.5 Å². The van der Waals surface area contributed by atoms with Gasteiger partial charge < -0.3 is 21.1 Å². The average Bonchev–Trinajstić information content (AvgIpc) is 2.25. The molecule has 0 radical (unpaired) electrons. The molecule has 104 valence electrons. The summed E-state index contributed by atoms with van der Waals surface area (Å²) in [5, 5.41) is 11.0. The molecule has 0 aliphatic rings. The van der Waals surface area contributed by atoms with E-state index in [4.69, 9.17) is 10.8 Å². The molecule has 0 rings (SSSR count). The van der Waals surface area contributed by atoms with Crippen LogP contribution in [0.3, 0.4) is 0 Å². The van der Waals surface area contributed by atoms with Gasteiger partial charge in [0, 0.05) is 26.6 Å². The van der Waals surface area contributed by atoms with Crippen molar-refractivity contribution in [2.24, 2.45) is 11.1 Å². The maximum Gasteiger partial charge on any atom is 0.317 e. The molecule has 0 aromatic carbocycles. The first kappa shape index (κ1) is 16.2. The van der Waals surface area contributed by atoms with Crippen molar-refractivity contribution in [2.75, 3.05) is 20.1 Å². The second-order valence-corrected chi connectivity index (χ2v) is 4.83. The monoisotopic (exact) mass is 259 g/mol. The summed E-state index contributed by atoms with van der Waals surface area (Å²) in [5.41, 5.74) is 4.37. The van der Waals surface area contributed by atoms with Crippen LogP contribution in [0.15, 0.2) is 0 Å². The van der Waals surface area contributed by atoms with Gasteiger partial charge in [-0.2, -0.15) is 0 Å². The molecule has 0 aliphatic heterocycles. The van der Waals surface area contributed by atoms with Gasteiger partial charge in [0.05, 0.1) is 5.41 Å². The Hall–Kier alpha value is -1.79. The Morgan fingerprint density at radius 3 is 2.33 bits per heavy atom. The highest BCUT2D eigenvalue weighted by Gasteiger charge is 2.25. The number of nitrogens with one attached hydrogen (secondary N) is 1. The van der Waals surface area contributed by atoms with Crippen LogP contribution >= 0.6 is 0 Å². The number of aliphatic carboxylic acids is 1. The topological polar surface area (TPSA) is 113 Å². The molecule has 0 heterocycles. The molecule has 7 nitrogen and oxygen atoms in total. The second kappa shape index (κ2) is 6.83. The third-order valence-corrected chi connectivity index (χ3v) is 2.58. The smallest absolute Gasteiger partial charge is 0.317 e. The van der Waals surface area contributed by atoms with E-state index in [0.29, 0.717) is 13.0 Å². The van der Waals surface area contributed by atoms with Crippen molar-refractivity contribution in [3.05, 3.63) is 0 Å². The lowest BCUT2D eigenvalue weighted by molar-refractivity contribution is -0.137. The molecule has 0 saturated carbocycles. The van der Waals surface area contributed by atoms with Gasteiger partial charge in [-0.05, 0) is 20.3 Å². The van der Waals surface area contributed by atoms with Gasteiger partial charge in [0.15, 0.2) is 0 Å². The van der Waals surface area contributed by atoms with Crippen molar-refractivity contribution in [1.29, 1.82) is 0 Å². The van der Waals surface area contributed by atoms with Crippen LogP contribution in [0.5, 0.6) is 0 Å². The number of carboxylic acids is 1. The Morgan fingerprint density at radius 2 is 1.89 bits per heavy atom. The van der Waals surface area contributed by atoms with Crippen molar-refractivity contribution in [1.82, 2.24) is 10.2 Å². The number of primary amides is 1. The van der Waals surface area contributed by atoms with E-state index in [2.05, 4.69) is 5.32 Å². The van der Waals surface area contributed by atoms with E-state index in [1.807, 2.05) is 0 Å². The second-order valence-electron chi connectivity index (χ2n) is 4.83. The number of rotatable bonds is 7. The zero-order chi connectivity index (χ0) is 14.3. The Kier molecular flexibility index (Phi) is 6.15. The van der Waals surface area contributed by atoms with E-state index in [1.54, 1.807) is 20.9 Å². The molecular weight excluding hydrogens is 238 g/mol. The van der Waals surface area contributed by atoms with E-state index < -0.39 is 17.3 Å². The summed E-state index contributed by atoms with van der Waals surface area (Å²) in [7, 11) is 1.56. The molecule has 0 saturated heterocycles. The van der Waals surface area contributed by atoms with Crippen molar-refractivity contribution in [2.45, 2.75) is 26.7 Å². The molecule has 3 amide bonds. The summed E-state index contributed by atoms with van der Waals surface area (Å²) < 4.78 is 0. The fourth-order valence-corrected chi connectivity index (χ4v) is 1.09. The summed E-state index contributed by atoms with van der Waals surface area (Å²) in [6, 6.07) is -0.352. The van der Waals surface area contributed by atoms with Crippen LogP contribution in [-0.2, 0) is 9.59 Å². The van der Waals surface area contributed by atoms with Crippen molar-refractivity contribution >= 4 is 17.9 Å². The standard InChI is InChI=1S/C11H21N3O4/c1-11(2,9(12)17)7-13-10(18)14(3)6-4-5-8(15)16/h4-7H2,1-3H3,(H2,12,17)(H,13,18)(H,15,16). The first-order valence-electron chi connectivity index (χ1n) is 5.67. The SMILES string of the molecule is CN(CCCC(=O)O)C(=O)NCC(C)(C)C(N)=O. The maximum atomic E-state index is 11.6. The highest BCUT2D eigenvalue weighted by atomic mass is 16.4. The minimum Gasteiger partial charge on any atom is -0.481 e. The lowest BCUT2D eigenvalue weighted by Gasteiger charge is -2.23. The lowest BCUT2D eigenvalue weighted by atomic mass is 9.93. The predicted molar refractivity (Wildman–Crippen MR) is 65.9 cm³/mol. The third-order valence-electron chi connectivity index (χ3n) is 2.58. The number of urea groups is 1. The molecule has 0 aromatic rings. The Labute approximate surface area is 106 Å². The summed E-state index contributed by atoms with van der Waals surface area (Å²) in [6.07, 6.45) is 0.406. The zero-order valence-electron chi connectivity index (χ0n) is 11.0. The highest BCUT2D eigenvalue weighted by Crippen LogP contribution is 2.11. The van der Waals surface area contributed by atoms with Crippen LogP contribution in [0, 0.1) is 5.41 Å². The van der Waals surface area contributed by atoms with Gasteiger partial charge >= 0.3 is 12.0 Å². The number of carboxylic acid groups (broad SMARTS) is 1. The van der Waals surface area contributed by atoms with Gasteiger partial charge in [0.2, 0.25) is 5.91 Å². The zero-order valence-corrected chi connectivity index (χ0v) is 11.0.